The van der Waals surface area contributed by atoms with Crippen LogP contribution in [0.5, 0.6) is 11.5 Å². The van der Waals surface area contributed by atoms with E-state index in [-0.39, 0.29) is 0 Å². The molecule has 0 heterocycles. The van der Waals surface area contributed by atoms with Crippen molar-refractivity contribution in [1.29, 1.82) is 0 Å². The van der Waals surface area contributed by atoms with E-state index in [0.717, 1.165) is 39.2 Å². The highest BCUT2D eigenvalue weighted by Gasteiger charge is 2.11. The molecule has 0 N–H and O–H groups in total. The minimum absolute atomic E-state index is 0.760. The molecule has 4 rings (SSSR count). The number of methoxy groups -OCH3 is 2. The average molecular weight is 382 g/mol. The molecule has 0 amide bonds. The molecule has 0 saturated heterocycles. The topological polar surface area (TPSA) is 34.1 Å². The first kappa shape index (κ1) is 18.6. The molecule has 29 heavy (non-hydrogen) atoms. The maximum Gasteiger partial charge on any atom is 0.128 e. The van der Waals surface area contributed by atoms with Gasteiger partial charge in [-0.2, -0.15) is 5.10 Å². The third kappa shape index (κ3) is 3.92. The molecule has 0 atom stereocenters. The Morgan fingerprint density at radius 3 is 1.93 bits per heavy atom. The number of hydrogen-bond donors (Lipinski definition) is 0. The molecular weight excluding hydrogens is 360 g/mol. The van der Waals surface area contributed by atoms with Crippen molar-refractivity contribution in [3.05, 3.63) is 96.6 Å². The molecule has 144 valence electrons. The minimum atomic E-state index is 0.760. The summed E-state index contributed by atoms with van der Waals surface area (Å²) >= 11 is 0. The molecule has 0 aliphatic heterocycles. The maximum absolute atomic E-state index is 5.62. The zero-order valence-corrected chi connectivity index (χ0v) is 16.4. The molecule has 0 aliphatic rings. The molecule has 0 bridgehead atoms. The normalized spacial score (nSPS) is 11.0. The standard InChI is InChI=1S/C25H22N2O2/c1-28-22-15-13-19-14-16-25(29-2)24(23(19)17-22)18-26-27(20-9-5-3-6-10-20)21-11-7-4-8-12-21/h3-18H,1-2H3/b26-18-. The van der Waals surface area contributed by atoms with Crippen LogP contribution in [0.25, 0.3) is 10.8 Å². The number of ether oxygens (including phenoxy) is 2. The van der Waals surface area contributed by atoms with Crippen molar-refractivity contribution >= 4 is 28.4 Å². The van der Waals surface area contributed by atoms with Gasteiger partial charge in [-0.1, -0.05) is 48.5 Å². The predicted octanol–water partition coefficient (Wildman–Crippen LogP) is 6.03. The predicted molar refractivity (Wildman–Crippen MR) is 120 cm³/mol. The van der Waals surface area contributed by atoms with Crippen LogP contribution in [0.3, 0.4) is 0 Å². The average Bonchev–Trinajstić information content (AvgIpc) is 2.80. The highest BCUT2D eigenvalue weighted by Crippen LogP contribution is 2.31. The molecule has 0 saturated carbocycles. The van der Waals surface area contributed by atoms with Crippen LogP contribution >= 0.6 is 0 Å². The highest BCUT2D eigenvalue weighted by molar-refractivity contribution is 6.03. The lowest BCUT2D eigenvalue weighted by Crippen LogP contribution is -2.09. The lowest BCUT2D eigenvalue weighted by molar-refractivity contribution is 0.413. The summed E-state index contributed by atoms with van der Waals surface area (Å²) in [4.78, 5) is 0. The number of nitrogens with zero attached hydrogens (tertiary/aromatic N) is 2. The first-order chi connectivity index (χ1) is 14.3. The highest BCUT2D eigenvalue weighted by atomic mass is 16.5. The Morgan fingerprint density at radius 2 is 1.34 bits per heavy atom. The fourth-order valence-corrected chi connectivity index (χ4v) is 3.28. The summed E-state index contributed by atoms with van der Waals surface area (Å²) in [6.07, 6.45) is 1.85. The Labute approximate surface area is 170 Å². The molecule has 4 nitrogen and oxygen atoms in total. The fraction of sp³-hybridized carbons (Fsp3) is 0.0800. The van der Waals surface area contributed by atoms with Gasteiger partial charge in [-0.3, -0.25) is 0 Å². The van der Waals surface area contributed by atoms with Crippen LogP contribution in [0.2, 0.25) is 0 Å². The van der Waals surface area contributed by atoms with Crippen LogP contribution in [0, 0.1) is 0 Å². The van der Waals surface area contributed by atoms with Crippen LogP contribution in [-0.4, -0.2) is 20.4 Å². The molecule has 4 heteroatoms. The summed E-state index contributed by atoms with van der Waals surface area (Å²) in [5.41, 5.74) is 2.86. The molecule has 0 aromatic heterocycles. The minimum Gasteiger partial charge on any atom is -0.497 e. The molecule has 0 spiro atoms. The summed E-state index contributed by atoms with van der Waals surface area (Å²) in [7, 11) is 3.34. The van der Waals surface area contributed by atoms with E-state index in [4.69, 9.17) is 14.6 Å². The Morgan fingerprint density at radius 1 is 0.724 bits per heavy atom. The molecule has 4 aromatic carbocycles. The molecule has 0 unspecified atom stereocenters. The van der Waals surface area contributed by atoms with Gasteiger partial charge in [-0.15, -0.1) is 0 Å². The van der Waals surface area contributed by atoms with Gasteiger partial charge in [0.2, 0.25) is 0 Å². The fourth-order valence-electron chi connectivity index (χ4n) is 3.28. The number of anilines is 2. The van der Waals surface area contributed by atoms with Crippen molar-refractivity contribution in [2.75, 3.05) is 19.2 Å². The van der Waals surface area contributed by atoms with Crippen molar-refractivity contribution in [3.63, 3.8) is 0 Å². The Balaban J connectivity index is 1.84. The van der Waals surface area contributed by atoms with E-state index < -0.39 is 0 Å². The van der Waals surface area contributed by atoms with E-state index in [1.54, 1.807) is 14.2 Å². The number of rotatable bonds is 6. The van der Waals surface area contributed by atoms with Crippen molar-refractivity contribution in [3.8, 4) is 11.5 Å². The van der Waals surface area contributed by atoms with E-state index in [0.29, 0.717) is 0 Å². The summed E-state index contributed by atoms with van der Waals surface area (Å²) in [6.45, 7) is 0. The zero-order chi connectivity index (χ0) is 20.1. The first-order valence-electron chi connectivity index (χ1n) is 9.39. The lowest BCUT2D eigenvalue weighted by atomic mass is 10.0. The maximum atomic E-state index is 5.62. The van der Waals surface area contributed by atoms with Crippen LogP contribution in [-0.2, 0) is 0 Å². The van der Waals surface area contributed by atoms with Crippen molar-refractivity contribution in [2.45, 2.75) is 0 Å². The lowest BCUT2D eigenvalue weighted by Gasteiger charge is -2.19. The summed E-state index contributed by atoms with van der Waals surface area (Å²) in [6, 6.07) is 30.2. The summed E-state index contributed by atoms with van der Waals surface area (Å²) in [5, 5.41) is 8.87. The summed E-state index contributed by atoms with van der Waals surface area (Å²) in [5.74, 6) is 1.55. The van der Waals surface area contributed by atoms with Gasteiger partial charge in [0.1, 0.15) is 11.5 Å². The van der Waals surface area contributed by atoms with Crippen LogP contribution in [0.15, 0.2) is 96.1 Å². The number of fused-ring (bicyclic) bond motifs is 1. The number of benzene rings is 4. The molecule has 4 aromatic rings. The number of para-hydroxylation sites is 2. The van der Waals surface area contributed by atoms with Crippen molar-refractivity contribution in [2.24, 2.45) is 5.10 Å². The second-order valence-corrected chi connectivity index (χ2v) is 6.50. The Hall–Kier alpha value is -3.79. The molecule has 0 radical (unpaired) electrons. The van der Waals surface area contributed by atoms with Crippen LogP contribution in [0.4, 0.5) is 11.4 Å². The molecule has 0 fully saturated rings. The van der Waals surface area contributed by atoms with Gasteiger partial charge in [-0.25, -0.2) is 5.01 Å². The first-order valence-corrected chi connectivity index (χ1v) is 9.39. The SMILES string of the molecule is COc1ccc2ccc(OC)c(/C=N\N(c3ccccc3)c3ccccc3)c2c1. The number of hydrogen-bond acceptors (Lipinski definition) is 4. The Bertz CT molecular complexity index is 1080. The van der Waals surface area contributed by atoms with E-state index in [2.05, 4.69) is 0 Å². The quantitative estimate of drug-likeness (QED) is 0.302. The Kier molecular flexibility index (Phi) is 5.43. The third-order valence-corrected chi connectivity index (χ3v) is 4.75. The largest absolute Gasteiger partial charge is 0.497 e. The smallest absolute Gasteiger partial charge is 0.128 e. The van der Waals surface area contributed by atoms with Crippen LogP contribution < -0.4 is 14.5 Å². The van der Waals surface area contributed by atoms with Gasteiger partial charge in [0.25, 0.3) is 0 Å². The summed E-state index contributed by atoms with van der Waals surface area (Å²) < 4.78 is 11.0. The van der Waals surface area contributed by atoms with Gasteiger partial charge in [0, 0.05) is 5.56 Å². The van der Waals surface area contributed by atoms with Crippen LogP contribution in [0.1, 0.15) is 5.56 Å². The van der Waals surface area contributed by atoms with E-state index in [1.807, 2.05) is 102 Å². The monoisotopic (exact) mass is 382 g/mol. The van der Waals surface area contributed by atoms with Gasteiger partial charge >= 0.3 is 0 Å². The van der Waals surface area contributed by atoms with E-state index >= 15 is 0 Å². The van der Waals surface area contributed by atoms with Crippen molar-refractivity contribution in [1.82, 2.24) is 0 Å². The second-order valence-electron chi connectivity index (χ2n) is 6.50. The van der Waals surface area contributed by atoms with E-state index in [1.165, 1.54) is 0 Å². The molecular formula is C25H22N2O2. The van der Waals surface area contributed by atoms with Gasteiger partial charge < -0.3 is 9.47 Å². The van der Waals surface area contributed by atoms with Crippen molar-refractivity contribution < 1.29 is 9.47 Å². The zero-order valence-electron chi connectivity index (χ0n) is 16.4. The van der Waals surface area contributed by atoms with E-state index in [9.17, 15) is 0 Å². The van der Waals surface area contributed by atoms with Gasteiger partial charge in [0.15, 0.2) is 0 Å². The third-order valence-electron chi connectivity index (χ3n) is 4.75. The van der Waals surface area contributed by atoms with Gasteiger partial charge in [0.05, 0.1) is 31.8 Å². The molecule has 0 aliphatic carbocycles. The number of hydrazone groups is 1. The van der Waals surface area contributed by atoms with Gasteiger partial charge in [-0.05, 0) is 53.2 Å². The second kappa shape index (κ2) is 8.48.